The average Bonchev–Trinajstić information content (AvgIpc) is 3.29. The van der Waals surface area contributed by atoms with Gasteiger partial charge in [0.1, 0.15) is 0 Å². The van der Waals surface area contributed by atoms with Gasteiger partial charge in [-0.2, -0.15) is 0 Å². The number of hydrogen-bond acceptors (Lipinski definition) is 6. The number of para-hydroxylation sites is 2. The maximum absolute atomic E-state index is 14.1. The lowest BCUT2D eigenvalue weighted by Crippen LogP contribution is -2.50. The van der Waals surface area contributed by atoms with Crippen LogP contribution in [0.5, 0.6) is 11.5 Å². The van der Waals surface area contributed by atoms with Crippen molar-refractivity contribution >= 4 is 28.9 Å². The van der Waals surface area contributed by atoms with E-state index >= 15 is 0 Å². The number of nitrogens with zero attached hydrogens (tertiary/aromatic N) is 3. The van der Waals surface area contributed by atoms with Crippen LogP contribution in [0.15, 0.2) is 72.8 Å². The van der Waals surface area contributed by atoms with Crippen LogP contribution in [0.2, 0.25) is 0 Å². The third kappa shape index (κ3) is 4.50. The third-order valence-corrected chi connectivity index (χ3v) is 6.58. The second kappa shape index (κ2) is 10.3. The van der Waals surface area contributed by atoms with Gasteiger partial charge >= 0.3 is 5.97 Å². The average molecular weight is 500 g/mol. The van der Waals surface area contributed by atoms with Gasteiger partial charge in [-0.25, -0.2) is 4.98 Å². The van der Waals surface area contributed by atoms with Crippen molar-refractivity contribution in [2.45, 2.75) is 26.3 Å². The molecule has 0 spiro atoms. The summed E-state index contributed by atoms with van der Waals surface area (Å²) in [6.07, 6.45) is 0.601. The molecule has 0 fully saturated rings. The topological polar surface area (TPSA) is 93.9 Å². The Hall–Kier alpha value is -4.33. The number of ether oxygens (including phenoxy) is 2. The molecule has 0 saturated heterocycles. The monoisotopic (exact) mass is 499 g/mol. The zero-order valence-corrected chi connectivity index (χ0v) is 20.8. The standard InChI is InChI=1S/C29H29N3O5/c1-3-36-24-18-20(14-15-23(24)33)26-25(28(35)37-4-2)27(34)31(17-16-19-10-6-5-7-11-19)29-30-21-12-8-9-13-22(21)32(26)29/h5-15,18,25-26,33H,3-4,16-17H2,1-2H3/t25-,26+/m0/s1. The Morgan fingerprint density at radius 1 is 1.00 bits per heavy atom. The van der Waals surface area contributed by atoms with E-state index in [0.29, 0.717) is 36.6 Å². The number of phenolic OH excluding ortho intramolecular Hbond substituents is 1. The summed E-state index contributed by atoms with van der Waals surface area (Å²) in [5.41, 5.74) is 3.22. The first-order valence-electron chi connectivity index (χ1n) is 12.5. The molecule has 0 saturated carbocycles. The summed E-state index contributed by atoms with van der Waals surface area (Å²) in [5.74, 6) is -1.36. The number of amides is 1. The zero-order chi connectivity index (χ0) is 25.9. The van der Waals surface area contributed by atoms with E-state index in [1.54, 1.807) is 24.0 Å². The molecule has 3 aromatic carbocycles. The zero-order valence-electron chi connectivity index (χ0n) is 20.8. The summed E-state index contributed by atoms with van der Waals surface area (Å²) in [6.45, 7) is 4.41. The molecule has 1 aliphatic heterocycles. The molecule has 0 bridgehead atoms. The van der Waals surface area contributed by atoms with Crippen molar-refractivity contribution in [3.8, 4) is 11.5 Å². The van der Waals surface area contributed by atoms with Gasteiger partial charge in [0.15, 0.2) is 17.4 Å². The molecule has 190 valence electrons. The van der Waals surface area contributed by atoms with E-state index in [2.05, 4.69) is 0 Å². The molecule has 1 aromatic heterocycles. The third-order valence-electron chi connectivity index (χ3n) is 6.58. The molecule has 1 N–H and O–H groups in total. The van der Waals surface area contributed by atoms with Crippen molar-refractivity contribution in [1.29, 1.82) is 0 Å². The fraction of sp³-hybridized carbons (Fsp3) is 0.276. The van der Waals surface area contributed by atoms with Gasteiger partial charge in [0.25, 0.3) is 0 Å². The predicted molar refractivity (Wildman–Crippen MR) is 140 cm³/mol. The second-order valence-electron chi connectivity index (χ2n) is 8.83. The number of phenols is 1. The number of benzene rings is 3. The van der Waals surface area contributed by atoms with Crippen molar-refractivity contribution in [1.82, 2.24) is 9.55 Å². The molecule has 2 heterocycles. The van der Waals surface area contributed by atoms with Gasteiger partial charge in [-0.15, -0.1) is 0 Å². The van der Waals surface area contributed by atoms with Crippen LogP contribution in [0.4, 0.5) is 5.95 Å². The number of carbonyl (C=O) groups excluding carboxylic acids is 2. The molecule has 8 heteroatoms. The van der Waals surface area contributed by atoms with Crippen molar-refractivity contribution < 1.29 is 24.2 Å². The summed E-state index contributed by atoms with van der Waals surface area (Å²) in [4.78, 5) is 33.8. The van der Waals surface area contributed by atoms with E-state index in [1.807, 2.05) is 66.1 Å². The molecule has 0 aliphatic carbocycles. The van der Waals surface area contributed by atoms with Crippen LogP contribution in [-0.4, -0.2) is 46.3 Å². The smallest absolute Gasteiger partial charge is 0.321 e. The van der Waals surface area contributed by atoms with Crippen LogP contribution in [0.25, 0.3) is 11.0 Å². The van der Waals surface area contributed by atoms with E-state index in [9.17, 15) is 14.7 Å². The van der Waals surface area contributed by atoms with E-state index in [0.717, 1.165) is 11.1 Å². The summed E-state index contributed by atoms with van der Waals surface area (Å²) in [5, 5.41) is 10.3. The second-order valence-corrected chi connectivity index (χ2v) is 8.83. The minimum atomic E-state index is -1.14. The molecule has 37 heavy (non-hydrogen) atoms. The van der Waals surface area contributed by atoms with E-state index in [-0.39, 0.29) is 24.0 Å². The number of esters is 1. The lowest BCUT2D eigenvalue weighted by molar-refractivity contribution is -0.153. The van der Waals surface area contributed by atoms with Crippen molar-refractivity contribution in [3.05, 3.63) is 83.9 Å². The van der Waals surface area contributed by atoms with Crippen molar-refractivity contribution in [2.75, 3.05) is 24.7 Å². The van der Waals surface area contributed by atoms with Gasteiger partial charge in [0.2, 0.25) is 11.9 Å². The SMILES string of the molecule is CCOC(=O)[C@@H]1C(=O)N(CCc2ccccc2)c2nc3ccccc3n2[C@@H]1c1ccc(O)c(OCC)c1. The highest BCUT2D eigenvalue weighted by atomic mass is 16.5. The number of carbonyl (C=O) groups is 2. The fourth-order valence-electron chi connectivity index (χ4n) is 4.93. The summed E-state index contributed by atoms with van der Waals surface area (Å²) in [6, 6.07) is 21.7. The first-order valence-corrected chi connectivity index (χ1v) is 12.5. The van der Waals surface area contributed by atoms with Crippen LogP contribution in [-0.2, 0) is 20.7 Å². The molecule has 8 nitrogen and oxygen atoms in total. The Bertz CT molecular complexity index is 1430. The number of fused-ring (bicyclic) bond motifs is 3. The highest BCUT2D eigenvalue weighted by Gasteiger charge is 2.48. The number of anilines is 1. The number of aromatic hydroxyl groups is 1. The Labute approximate surface area is 215 Å². The molecular weight excluding hydrogens is 470 g/mol. The first-order chi connectivity index (χ1) is 18.0. The largest absolute Gasteiger partial charge is 0.504 e. The van der Waals surface area contributed by atoms with E-state index in [1.165, 1.54) is 6.07 Å². The van der Waals surface area contributed by atoms with Gasteiger partial charge in [-0.1, -0.05) is 48.5 Å². The van der Waals surface area contributed by atoms with Crippen LogP contribution in [0.1, 0.15) is 31.0 Å². The number of imidazole rings is 1. The number of hydrogen-bond donors (Lipinski definition) is 1. The van der Waals surface area contributed by atoms with Crippen LogP contribution >= 0.6 is 0 Å². The van der Waals surface area contributed by atoms with Gasteiger partial charge in [-0.05, 0) is 55.7 Å². The quantitative estimate of drug-likeness (QED) is 0.283. The van der Waals surface area contributed by atoms with Gasteiger partial charge in [-0.3, -0.25) is 14.5 Å². The molecular formula is C29H29N3O5. The van der Waals surface area contributed by atoms with Crippen molar-refractivity contribution in [3.63, 3.8) is 0 Å². The Morgan fingerprint density at radius 3 is 2.51 bits per heavy atom. The first kappa shape index (κ1) is 24.4. The van der Waals surface area contributed by atoms with Crippen LogP contribution < -0.4 is 9.64 Å². The molecule has 0 unspecified atom stereocenters. The number of aromatic nitrogens is 2. The summed E-state index contributed by atoms with van der Waals surface area (Å²) < 4.78 is 13.0. The molecule has 4 aromatic rings. The van der Waals surface area contributed by atoms with Gasteiger partial charge in [0, 0.05) is 6.54 Å². The minimum absolute atomic E-state index is 0.0133. The van der Waals surface area contributed by atoms with E-state index in [4.69, 9.17) is 14.5 Å². The maximum atomic E-state index is 14.1. The minimum Gasteiger partial charge on any atom is -0.504 e. The molecule has 2 atom stereocenters. The van der Waals surface area contributed by atoms with Gasteiger partial charge in [0.05, 0.1) is 30.3 Å². The Balaban J connectivity index is 1.69. The van der Waals surface area contributed by atoms with Crippen LogP contribution in [0.3, 0.4) is 0 Å². The predicted octanol–water partition coefficient (Wildman–Crippen LogP) is 4.50. The lowest BCUT2D eigenvalue weighted by Gasteiger charge is -2.38. The Kier molecular flexibility index (Phi) is 6.81. The summed E-state index contributed by atoms with van der Waals surface area (Å²) in [7, 11) is 0. The highest BCUT2D eigenvalue weighted by Crippen LogP contribution is 2.43. The maximum Gasteiger partial charge on any atom is 0.321 e. The number of rotatable bonds is 8. The molecule has 5 rings (SSSR count). The Morgan fingerprint density at radius 2 is 1.76 bits per heavy atom. The lowest BCUT2D eigenvalue weighted by atomic mass is 9.89. The molecule has 0 radical (unpaired) electrons. The highest BCUT2D eigenvalue weighted by molar-refractivity contribution is 6.08. The molecule has 1 amide bonds. The van der Waals surface area contributed by atoms with Gasteiger partial charge < -0.3 is 19.1 Å². The normalized spacial score (nSPS) is 17.0. The van der Waals surface area contributed by atoms with Crippen molar-refractivity contribution in [2.24, 2.45) is 5.92 Å². The molecule has 1 aliphatic rings. The van der Waals surface area contributed by atoms with E-state index < -0.39 is 17.9 Å². The van der Waals surface area contributed by atoms with Crippen LogP contribution in [0, 0.1) is 5.92 Å². The summed E-state index contributed by atoms with van der Waals surface area (Å²) >= 11 is 0. The fourth-order valence-corrected chi connectivity index (χ4v) is 4.93.